The molecule has 0 aromatic carbocycles. The summed E-state index contributed by atoms with van der Waals surface area (Å²) in [5, 5.41) is 9.82. The highest BCUT2D eigenvalue weighted by Crippen LogP contribution is 2.26. The first-order valence-corrected chi connectivity index (χ1v) is 9.43. The van der Waals surface area contributed by atoms with Crippen molar-refractivity contribution in [3.05, 3.63) is 23.5 Å². The van der Waals surface area contributed by atoms with Crippen molar-refractivity contribution in [1.82, 2.24) is 19.3 Å². The zero-order valence-electron chi connectivity index (χ0n) is 15.8. The van der Waals surface area contributed by atoms with Crippen LogP contribution in [0.4, 0.5) is 0 Å². The number of likely N-dealkylation sites (tertiary alicyclic amines) is 1. The number of amides is 1. The van der Waals surface area contributed by atoms with E-state index in [1.807, 2.05) is 35.6 Å². The van der Waals surface area contributed by atoms with E-state index in [4.69, 9.17) is 0 Å². The highest BCUT2D eigenvalue weighted by Gasteiger charge is 2.36. The Morgan fingerprint density at radius 3 is 2.56 bits per heavy atom. The Kier molecular flexibility index (Phi) is 5.81. The van der Waals surface area contributed by atoms with Gasteiger partial charge in [0.1, 0.15) is 5.69 Å². The van der Waals surface area contributed by atoms with Crippen molar-refractivity contribution in [2.75, 3.05) is 59.5 Å². The highest BCUT2D eigenvalue weighted by molar-refractivity contribution is 5.93. The second-order valence-electron chi connectivity index (χ2n) is 7.79. The predicted molar refractivity (Wildman–Crippen MR) is 98.7 cm³/mol. The molecule has 0 spiro atoms. The summed E-state index contributed by atoms with van der Waals surface area (Å²) in [6.45, 7) is 9.02. The summed E-state index contributed by atoms with van der Waals surface area (Å²) in [6, 6.07) is 3.89. The Balaban J connectivity index is 1.64. The molecule has 3 rings (SSSR count). The van der Waals surface area contributed by atoms with E-state index in [2.05, 4.69) is 16.8 Å². The summed E-state index contributed by atoms with van der Waals surface area (Å²) in [5.74, 6) is 0.636. The zero-order chi connectivity index (χ0) is 18.0. The van der Waals surface area contributed by atoms with Crippen LogP contribution in [0.5, 0.6) is 0 Å². The first-order valence-electron chi connectivity index (χ1n) is 9.43. The number of likely N-dealkylation sites (N-methyl/N-ethyl adjacent to an activating group) is 1. The SMILES string of the molecule is Cc1ccc(C(=O)N2C[C@@H](CN3CCCN(C)CC3)[C@@H](CO)C2)n1C. The van der Waals surface area contributed by atoms with E-state index in [-0.39, 0.29) is 18.4 Å². The number of rotatable bonds is 4. The van der Waals surface area contributed by atoms with E-state index in [0.29, 0.717) is 12.5 Å². The molecule has 2 aliphatic rings. The van der Waals surface area contributed by atoms with Crippen molar-refractivity contribution in [2.24, 2.45) is 18.9 Å². The van der Waals surface area contributed by atoms with Crippen molar-refractivity contribution in [3.63, 3.8) is 0 Å². The summed E-state index contributed by atoms with van der Waals surface area (Å²) >= 11 is 0. The summed E-state index contributed by atoms with van der Waals surface area (Å²) in [4.78, 5) is 19.7. The van der Waals surface area contributed by atoms with Crippen LogP contribution in [0.1, 0.15) is 22.6 Å². The average molecular weight is 348 g/mol. The smallest absolute Gasteiger partial charge is 0.270 e. The monoisotopic (exact) mass is 348 g/mol. The van der Waals surface area contributed by atoms with Gasteiger partial charge < -0.3 is 24.4 Å². The summed E-state index contributed by atoms with van der Waals surface area (Å²) < 4.78 is 1.95. The lowest BCUT2D eigenvalue weighted by atomic mass is 9.96. The van der Waals surface area contributed by atoms with Crippen molar-refractivity contribution in [3.8, 4) is 0 Å². The second kappa shape index (κ2) is 7.89. The van der Waals surface area contributed by atoms with E-state index in [1.165, 1.54) is 6.42 Å². The fourth-order valence-electron chi connectivity index (χ4n) is 4.12. The number of carbonyl (C=O) groups excluding carboxylic acids is 1. The summed E-state index contributed by atoms with van der Waals surface area (Å²) in [5.41, 5.74) is 1.83. The number of nitrogens with zero attached hydrogens (tertiary/aromatic N) is 4. The molecule has 0 bridgehead atoms. The Bertz CT molecular complexity index is 600. The first kappa shape index (κ1) is 18.4. The van der Waals surface area contributed by atoms with Crippen LogP contribution in [-0.2, 0) is 7.05 Å². The van der Waals surface area contributed by atoms with Crippen LogP contribution in [0.3, 0.4) is 0 Å². The molecule has 140 valence electrons. The molecular weight excluding hydrogens is 316 g/mol. The minimum absolute atomic E-state index is 0.0900. The van der Waals surface area contributed by atoms with E-state index < -0.39 is 0 Å². The lowest BCUT2D eigenvalue weighted by Crippen LogP contribution is -2.36. The van der Waals surface area contributed by atoms with Crippen molar-refractivity contribution < 1.29 is 9.90 Å². The van der Waals surface area contributed by atoms with Gasteiger partial charge in [0, 0.05) is 58.0 Å². The average Bonchev–Trinajstić information content (AvgIpc) is 3.08. The number of aliphatic hydroxyl groups is 1. The Morgan fingerprint density at radius 1 is 1.12 bits per heavy atom. The summed E-state index contributed by atoms with van der Waals surface area (Å²) in [7, 11) is 4.12. The van der Waals surface area contributed by atoms with E-state index >= 15 is 0 Å². The number of hydrogen-bond donors (Lipinski definition) is 1. The third-order valence-electron chi connectivity index (χ3n) is 5.99. The lowest BCUT2D eigenvalue weighted by molar-refractivity contribution is 0.0769. The Morgan fingerprint density at radius 2 is 1.88 bits per heavy atom. The molecule has 25 heavy (non-hydrogen) atoms. The molecule has 3 heterocycles. The first-order chi connectivity index (χ1) is 12.0. The number of carbonyl (C=O) groups is 1. The molecule has 1 N–H and O–H groups in total. The minimum atomic E-state index is 0.0900. The predicted octanol–water partition coefficient (Wildman–Crippen LogP) is 0.652. The van der Waals surface area contributed by atoms with E-state index in [1.54, 1.807) is 0 Å². The van der Waals surface area contributed by atoms with Crippen LogP contribution in [0.15, 0.2) is 12.1 Å². The normalized spacial score (nSPS) is 26.2. The van der Waals surface area contributed by atoms with Crippen molar-refractivity contribution in [2.45, 2.75) is 13.3 Å². The quantitative estimate of drug-likeness (QED) is 0.868. The molecule has 6 heteroatoms. The second-order valence-corrected chi connectivity index (χ2v) is 7.79. The fourth-order valence-corrected chi connectivity index (χ4v) is 4.12. The lowest BCUT2D eigenvalue weighted by Gasteiger charge is -2.26. The van der Waals surface area contributed by atoms with Gasteiger partial charge in [-0.2, -0.15) is 0 Å². The topological polar surface area (TPSA) is 52.0 Å². The third-order valence-corrected chi connectivity index (χ3v) is 5.99. The molecule has 6 nitrogen and oxygen atoms in total. The van der Waals surface area contributed by atoms with E-state index in [0.717, 1.165) is 50.7 Å². The van der Waals surface area contributed by atoms with Crippen LogP contribution >= 0.6 is 0 Å². The zero-order valence-corrected chi connectivity index (χ0v) is 15.8. The van der Waals surface area contributed by atoms with Crippen LogP contribution in [-0.4, -0.2) is 89.7 Å². The number of aliphatic hydroxyl groups excluding tert-OH is 1. The molecule has 1 aromatic rings. The van der Waals surface area contributed by atoms with Crippen LogP contribution in [0, 0.1) is 18.8 Å². The third kappa shape index (κ3) is 4.07. The maximum Gasteiger partial charge on any atom is 0.270 e. The van der Waals surface area contributed by atoms with Gasteiger partial charge in [0.05, 0.1) is 0 Å². The Labute approximate surface area is 151 Å². The van der Waals surface area contributed by atoms with Gasteiger partial charge in [0.2, 0.25) is 0 Å². The standard InChI is InChI=1S/C19H32N4O2/c1-15-5-6-18(21(15)3)19(25)23-12-16(17(13-23)14-24)11-22-8-4-7-20(2)9-10-22/h5-6,16-17,24H,4,7-14H2,1-3H3/t16-,17-/m1/s1. The van der Waals surface area contributed by atoms with Crippen LogP contribution in [0.25, 0.3) is 0 Å². The van der Waals surface area contributed by atoms with Crippen molar-refractivity contribution >= 4 is 5.91 Å². The maximum absolute atomic E-state index is 12.9. The molecule has 1 amide bonds. The van der Waals surface area contributed by atoms with Gasteiger partial charge in [0.25, 0.3) is 5.91 Å². The minimum Gasteiger partial charge on any atom is -0.396 e. The number of aryl methyl sites for hydroxylation is 1. The van der Waals surface area contributed by atoms with Gasteiger partial charge in [-0.1, -0.05) is 0 Å². The van der Waals surface area contributed by atoms with Crippen LogP contribution in [0.2, 0.25) is 0 Å². The van der Waals surface area contributed by atoms with Crippen LogP contribution < -0.4 is 0 Å². The molecular formula is C19H32N4O2. The van der Waals surface area contributed by atoms with Gasteiger partial charge in [-0.25, -0.2) is 0 Å². The molecule has 2 atom stereocenters. The number of hydrogen-bond acceptors (Lipinski definition) is 4. The molecule has 0 aliphatic carbocycles. The Hall–Kier alpha value is -1.37. The molecule has 2 aliphatic heterocycles. The molecule has 0 radical (unpaired) electrons. The van der Waals surface area contributed by atoms with E-state index in [9.17, 15) is 9.90 Å². The largest absolute Gasteiger partial charge is 0.396 e. The van der Waals surface area contributed by atoms with Gasteiger partial charge in [0.15, 0.2) is 0 Å². The van der Waals surface area contributed by atoms with Gasteiger partial charge >= 0.3 is 0 Å². The molecule has 1 aromatic heterocycles. The fraction of sp³-hybridized carbons (Fsp3) is 0.737. The number of aromatic nitrogens is 1. The molecule has 0 unspecified atom stereocenters. The van der Waals surface area contributed by atoms with Crippen molar-refractivity contribution in [1.29, 1.82) is 0 Å². The van der Waals surface area contributed by atoms with Gasteiger partial charge in [-0.3, -0.25) is 4.79 Å². The molecule has 0 saturated carbocycles. The maximum atomic E-state index is 12.9. The van der Waals surface area contributed by atoms with Gasteiger partial charge in [-0.15, -0.1) is 0 Å². The molecule has 2 fully saturated rings. The van der Waals surface area contributed by atoms with Gasteiger partial charge in [-0.05, 0) is 51.5 Å². The highest BCUT2D eigenvalue weighted by atomic mass is 16.3. The molecule has 2 saturated heterocycles. The summed E-state index contributed by atoms with van der Waals surface area (Å²) in [6.07, 6.45) is 1.19.